The number of ether oxygens (including phenoxy) is 1. The highest BCUT2D eigenvalue weighted by Gasteiger charge is 2.52. The molecule has 5 heteroatoms. The Balaban J connectivity index is 1.19. The van der Waals surface area contributed by atoms with Crippen molar-refractivity contribution in [1.82, 2.24) is 9.88 Å². The second-order valence-electron chi connectivity index (χ2n) is 9.27. The average Bonchev–Trinajstić information content (AvgIpc) is 3.35. The number of fused-ring (bicyclic) bond motifs is 1. The molecule has 2 fully saturated rings. The third-order valence-corrected chi connectivity index (χ3v) is 7.06. The van der Waals surface area contributed by atoms with Gasteiger partial charge in [0.15, 0.2) is 0 Å². The molecule has 2 heterocycles. The van der Waals surface area contributed by atoms with Crippen LogP contribution in [0.25, 0.3) is 0 Å². The van der Waals surface area contributed by atoms with E-state index in [0.717, 1.165) is 49.5 Å². The third kappa shape index (κ3) is 4.15. The molecule has 3 atom stereocenters. The fourth-order valence-corrected chi connectivity index (χ4v) is 5.28. The summed E-state index contributed by atoms with van der Waals surface area (Å²) >= 11 is 0. The summed E-state index contributed by atoms with van der Waals surface area (Å²) in [5.74, 6) is 1.21. The van der Waals surface area contributed by atoms with Gasteiger partial charge < -0.3 is 9.84 Å². The maximum atomic E-state index is 13.8. The van der Waals surface area contributed by atoms with Crippen LogP contribution in [-0.2, 0) is 18.8 Å². The molecule has 1 saturated heterocycles. The largest absolute Gasteiger partial charge is 0.489 e. The fourth-order valence-electron chi connectivity index (χ4n) is 5.28. The number of halogens is 1. The minimum Gasteiger partial charge on any atom is -0.489 e. The van der Waals surface area contributed by atoms with Crippen LogP contribution in [0.4, 0.5) is 4.39 Å². The van der Waals surface area contributed by atoms with Gasteiger partial charge >= 0.3 is 0 Å². The van der Waals surface area contributed by atoms with Crippen LogP contribution in [0.5, 0.6) is 5.75 Å². The van der Waals surface area contributed by atoms with Gasteiger partial charge in [0, 0.05) is 37.3 Å². The van der Waals surface area contributed by atoms with Crippen molar-refractivity contribution in [1.29, 1.82) is 0 Å². The van der Waals surface area contributed by atoms with Gasteiger partial charge in [-0.2, -0.15) is 0 Å². The van der Waals surface area contributed by atoms with Crippen LogP contribution in [0.2, 0.25) is 0 Å². The van der Waals surface area contributed by atoms with Crippen LogP contribution in [0.3, 0.4) is 0 Å². The number of nitrogens with zero attached hydrogens (tertiary/aromatic N) is 2. The fraction of sp³-hybridized carbons (Fsp3) is 0.370. The molecule has 32 heavy (non-hydrogen) atoms. The number of benzene rings is 2. The Bertz CT molecular complexity index is 1070. The van der Waals surface area contributed by atoms with Gasteiger partial charge in [0.2, 0.25) is 0 Å². The summed E-state index contributed by atoms with van der Waals surface area (Å²) in [6, 6.07) is 18.7. The molecule has 1 aliphatic heterocycles. The zero-order chi connectivity index (χ0) is 22.1. The van der Waals surface area contributed by atoms with E-state index in [1.165, 1.54) is 11.6 Å². The number of pyridine rings is 1. The maximum absolute atomic E-state index is 13.8. The van der Waals surface area contributed by atoms with E-state index >= 15 is 0 Å². The molecule has 2 aliphatic rings. The Morgan fingerprint density at radius 2 is 1.91 bits per heavy atom. The Morgan fingerprint density at radius 3 is 2.66 bits per heavy atom. The highest BCUT2D eigenvalue weighted by atomic mass is 19.1. The second-order valence-corrected chi connectivity index (χ2v) is 9.27. The van der Waals surface area contributed by atoms with Crippen molar-refractivity contribution in [3.8, 4) is 5.75 Å². The topological polar surface area (TPSA) is 45.6 Å². The van der Waals surface area contributed by atoms with Gasteiger partial charge in [0.05, 0.1) is 5.69 Å². The number of aryl methyl sites for hydroxylation is 1. The zero-order valence-electron chi connectivity index (χ0n) is 18.4. The van der Waals surface area contributed by atoms with Crippen LogP contribution >= 0.6 is 0 Å². The molecular formula is C27H29FN2O2. The molecule has 1 saturated carbocycles. The van der Waals surface area contributed by atoms with E-state index in [2.05, 4.69) is 22.0 Å². The number of aromatic nitrogens is 1. The van der Waals surface area contributed by atoms with E-state index in [0.29, 0.717) is 11.5 Å². The predicted molar refractivity (Wildman–Crippen MR) is 122 cm³/mol. The van der Waals surface area contributed by atoms with Gasteiger partial charge in [0.25, 0.3) is 0 Å². The van der Waals surface area contributed by atoms with E-state index in [4.69, 9.17) is 4.74 Å². The molecule has 1 N–H and O–H groups in total. The highest BCUT2D eigenvalue weighted by molar-refractivity contribution is 5.28. The predicted octanol–water partition coefficient (Wildman–Crippen LogP) is 4.84. The molecule has 4 nitrogen and oxygen atoms in total. The van der Waals surface area contributed by atoms with Gasteiger partial charge in [-0.1, -0.05) is 36.4 Å². The smallest absolute Gasteiger partial charge is 0.129 e. The van der Waals surface area contributed by atoms with Crippen LogP contribution in [0.1, 0.15) is 35.2 Å². The summed E-state index contributed by atoms with van der Waals surface area (Å²) in [6.07, 6.45) is 3.68. The first-order chi connectivity index (χ1) is 15.5. The van der Waals surface area contributed by atoms with Crippen LogP contribution < -0.4 is 4.74 Å². The molecule has 0 unspecified atom stereocenters. The van der Waals surface area contributed by atoms with E-state index in [-0.39, 0.29) is 18.3 Å². The van der Waals surface area contributed by atoms with Crippen molar-refractivity contribution in [2.45, 2.75) is 38.5 Å². The standard InChI is InChI=1S/C27H29FN2O2/c1-19-6-11-26(29-14-19)27(31)13-12-21-16-30(17-24(21)27)15-20-7-9-23(10-8-20)32-18-22-4-2-3-5-25(22)28/h2-11,14,21,24,31H,12-13,15-18H2,1H3/t21-,24+,27-/m0/s1. The van der Waals surface area contributed by atoms with E-state index in [1.54, 1.807) is 12.1 Å². The SMILES string of the molecule is Cc1ccc([C@]2(O)CC[C@H]3CN(Cc4ccc(OCc5ccccc5F)cc4)C[C@H]32)nc1. The first kappa shape index (κ1) is 21.1. The number of likely N-dealkylation sites (tertiary alicyclic amines) is 1. The monoisotopic (exact) mass is 432 g/mol. The molecule has 1 aliphatic carbocycles. The van der Waals surface area contributed by atoms with Crippen LogP contribution in [-0.4, -0.2) is 28.1 Å². The Hall–Kier alpha value is -2.76. The minimum atomic E-state index is -0.822. The lowest BCUT2D eigenvalue weighted by atomic mass is 9.85. The first-order valence-corrected chi connectivity index (χ1v) is 11.3. The summed E-state index contributed by atoms with van der Waals surface area (Å²) in [7, 11) is 0. The molecule has 0 spiro atoms. The molecular weight excluding hydrogens is 403 g/mol. The van der Waals surface area contributed by atoms with E-state index in [1.807, 2.05) is 43.5 Å². The number of rotatable bonds is 6. The molecule has 2 aromatic carbocycles. The second kappa shape index (κ2) is 8.64. The molecule has 0 radical (unpaired) electrons. The number of hydrogen-bond acceptors (Lipinski definition) is 4. The Labute approximate surface area is 188 Å². The van der Waals surface area contributed by atoms with Gasteiger partial charge in [-0.25, -0.2) is 4.39 Å². The van der Waals surface area contributed by atoms with Crippen molar-refractivity contribution in [2.75, 3.05) is 13.1 Å². The molecule has 5 rings (SSSR count). The van der Waals surface area contributed by atoms with Crippen molar-refractivity contribution in [3.05, 3.63) is 95.1 Å². The molecule has 0 amide bonds. The average molecular weight is 433 g/mol. The normalized spacial score (nSPS) is 25.1. The lowest BCUT2D eigenvalue weighted by molar-refractivity contribution is -0.0108. The lowest BCUT2D eigenvalue weighted by Crippen LogP contribution is -2.35. The molecule has 3 aromatic rings. The van der Waals surface area contributed by atoms with Gasteiger partial charge in [-0.15, -0.1) is 0 Å². The molecule has 1 aromatic heterocycles. The van der Waals surface area contributed by atoms with Gasteiger partial charge in [-0.3, -0.25) is 9.88 Å². The summed E-state index contributed by atoms with van der Waals surface area (Å²) in [6.45, 7) is 4.96. The summed E-state index contributed by atoms with van der Waals surface area (Å²) < 4.78 is 19.5. The van der Waals surface area contributed by atoms with Crippen molar-refractivity contribution in [2.24, 2.45) is 11.8 Å². The van der Waals surface area contributed by atoms with Gasteiger partial charge in [0.1, 0.15) is 23.8 Å². The highest BCUT2D eigenvalue weighted by Crippen LogP contribution is 2.50. The molecule has 166 valence electrons. The van der Waals surface area contributed by atoms with Crippen LogP contribution in [0, 0.1) is 24.6 Å². The lowest BCUT2D eigenvalue weighted by Gasteiger charge is -2.30. The van der Waals surface area contributed by atoms with E-state index < -0.39 is 5.60 Å². The summed E-state index contributed by atoms with van der Waals surface area (Å²) in [5.41, 5.74) is 2.86. The Kier molecular flexibility index (Phi) is 5.70. The maximum Gasteiger partial charge on any atom is 0.129 e. The molecule has 0 bridgehead atoms. The number of aliphatic hydroxyl groups is 1. The number of hydrogen-bond donors (Lipinski definition) is 1. The minimum absolute atomic E-state index is 0.215. The van der Waals surface area contributed by atoms with Crippen molar-refractivity contribution >= 4 is 0 Å². The Morgan fingerprint density at radius 1 is 1.09 bits per heavy atom. The van der Waals surface area contributed by atoms with E-state index in [9.17, 15) is 9.50 Å². The van der Waals surface area contributed by atoms with Crippen molar-refractivity contribution < 1.29 is 14.2 Å². The quantitative estimate of drug-likeness (QED) is 0.606. The zero-order valence-corrected chi connectivity index (χ0v) is 18.4. The summed E-state index contributed by atoms with van der Waals surface area (Å²) in [5, 5.41) is 11.5. The first-order valence-electron chi connectivity index (χ1n) is 11.3. The van der Waals surface area contributed by atoms with Crippen molar-refractivity contribution in [3.63, 3.8) is 0 Å². The van der Waals surface area contributed by atoms with Crippen LogP contribution in [0.15, 0.2) is 66.9 Å². The third-order valence-electron chi connectivity index (χ3n) is 7.06. The van der Waals surface area contributed by atoms with Gasteiger partial charge in [-0.05, 0) is 61.1 Å². The summed E-state index contributed by atoms with van der Waals surface area (Å²) in [4.78, 5) is 6.98.